The van der Waals surface area contributed by atoms with Crippen LogP contribution in [-0.4, -0.2) is 26.2 Å². The predicted octanol–water partition coefficient (Wildman–Crippen LogP) is 5.03. The van der Waals surface area contributed by atoms with Crippen molar-refractivity contribution in [3.63, 3.8) is 0 Å². The average Bonchev–Trinajstić information content (AvgIpc) is 2.87. The van der Waals surface area contributed by atoms with Gasteiger partial charge in [0.15, 0.2) is 5.60 Å². The van der Waals surface area contributed by atoms with Crippen LogP contribution in [-0.2, 0) is 11.8 Å². The molecule has 0 aliphatic carbocycles. The fourth-order valence-electron chi connectivity index (χ4n) is 3.34. The maximum absolute atomic E-state index is 11.4. The Hall–Kier alpha value is -2.53. The van der Waals surface area contributed by atoms with E-state index in [0.29, 0.717) is 11.7 Å². The van der Waals surface area contributed by atoms with E-state index in [4.69, 9.17) is 4.74 Å². The summed E-state index contributed by atoms with van der Waals surface area (Å²) in [5, 5.41) is 10.4. The number of aryl methyl sites for hydroxylation is 1. The Morgan fingerprint density at radius 2 is 1.81 bits per heavy atom. The molecule has 2 heterocycles. The molecule has 3 aromatic rings. The molecule has 144 valence electrons. The van der Waals surface area contributed by atoms with Crippen LogP contribution in [0.1, 0.15) is 39.3 Å². The lowest BCUT2D eigenvalue weighted by Crippen LogP contribution is -2.37. The van der Waals surface area contributed by atoms with E-state index < -0.39 is 11.6 Å². The maximum Gasteiger partial charge on any atom is 0.347 e. The summed E-state index contributed by atoms with van der Waals surface area (Å²) < 4.78 is 7.95. The van der Waals surface area contributed by atoms with Crippen LogP contribution in [0.15, 0.2) is 42.7 Å². The molecule has 3 rings (SSSR count). The Balaban J connectivity index is 0.00000261. The number of carbonyl (C=O) groups is 1. The molecule has 0 saturated carbocycles. The molecular formula is C21H25ClN2O3. The number of aliphatic carboxylic acids is 1. The second kappa shape index (κ2) is 7.61. The Labute approximate surface area is 165 Å². The molecule has 5 nitrogen and oxygen atoms in total. The van der Waals surface area contributed by atoms with Gasteiger partial charge in [-0.3, -0.25) is 4.98 Å². The van der Waals surface area contributed by atoms with E-state index in [1.807, 2.05) is 30.3 Å². The lowest BCUT2D eigenvalue weighted by atomic mass is 9.97. The molecule has 27 heavy (non-hydrogen) atoms. The van der Waals surface area contributed by atoms with E-state index >= 15 is 0 Å². The SMILES string of the molecule is CC(C)c1c(-c2ccncc2)c2cc(OC(C)(C)C(=O)O)ccc2n1C.Cl. The Bertz CT molecular complexity index is 962. The molecule has 6 heteroatoms. The zero-order valence-corrected chi connectivity index (χ0v) is 17.0. The highest BCUT2D eigenvalue weighted by atomic mass is 35.5. The lowest BCUT2D eigenvalue weighted by Gasteiger charge is -2.21. The number of carboxylic acids is 1. The first-order chi connectivity index (χ1) is 12.2. The number of ether oxygens (including phenoxy) is 1. The minimum atomic E-state index is -1.29. The van der Waals surface area contributed by atoms with Crippen LogP contribution in [0.3, 0.4) is 0 Å². The fourth-order valence-corrected chi connectivity index (χ4v) is 3.34. The number of hydrogen-bond acceptors (Lipinski definition) is 3. The van der Waals surface area contributed by atoms with Crippen molar-refractivity contribution in [3.8, 4) is 16.9 Å². The molecule has 0 fully saturated rings. The molecule has 0 spiro atoms. The summed E-state index contributed by atoms with van der Waals surface area (Å²) >= 11 is 0. The van der Waals surface area contributed by atoms with Gasteiger partial charge in [0.2, 0.25) is 0 Å². The molecule has 0 aliphatic heterocycles. The number of carboxylic acid groups (broad SMARTS) is 1. The zero-order chi connectivity index (χ0) is 19.1. The number of fused-ring (bicyclic) bond motifs is 1. The third-order valence-electron chi connectivity index (χ3n) is 4.62. The smallest absolute Gasteiger partial charge is 0.347 e. The first-order valence-electron chi connectivity index (χ1n) is 8.67. The number of benzene rings is 1. The Morgan fingerprint density at radius 3 is 2.37 bits per heavy atom. The topological polar surface area (TPSA) is 64.3 Å². The van der Waals surface area contributed by atoms with Crippen LogP contribution in [0.2, 0.25) is 0 Å². The molecule has 0 bridgehead atoms. The normalized spacial score (nSPS) is 11.5. The minimum Gasteiger partial charge on any atom is -0.478 e. The number of pyridine rings is 1. The molecule has 2 aromatic heterocycles. The molecule has 1 N–H and O–H groups in total. The summed E-state index contributed by atoms with van der Waals surface area (Å²) in [6, 6.07) is 9.74. The van der Waals surface area contributed by atoms with Crippen LogP contribution in [0.4, 0.5) is 0 Å². The Morgan fingerprint density at radius 1 is 1.19 bits per heavy atom. The summed E-state index contributed by atoms with van der Waals surface area (Å²) in [5.41, 5.74) is 3.24. The number of rotatable bonds is 5. The van der Waals surface area contributed by atoms with Gasteiger partial charge < -0.3 is 14.4 Å². The summed E-state index contributed by atoms with van der Waals surface area (Å²) in [5.74, 6) is -0.126. The predicted molar refractivity (Wildman–Crippen MR) is 110 cm³/mol. The lowest BCUT2D eigenvalue weighted by molar-refractivity contribution is -0.152. The number of hydrogen-bond donors (Lipinski definition) is 1. The van der Waals surface area contributed by atoms with Crippen molar-refractivity contribution in [1.82, 2.24) is 9.55 Å². The van der Waals surface area contributed by atoms with Crippen LogP contribution in [0.25, 0.3) is 22.0 Å². The van der Waals surface area contributed by atoms with Crippen LogP contribution in [0.5, 0.6) is 5.75 Å². The van der Waals surface area contributed by atoms with Gasteiger partial charge in [0.1, 0.15) is 5.75 Å². The highest BCUT2D eigenvalue weighted by Gasteiger charge is 2.30. The van der Waals surface area contributed by atoms with Gasteiger partial charge >= 0.3 is 5.97 Å². The molecule has 0 saturated heterocycles. The van der Waals surface area contributed by atoms with Crippen LogP contribution in [0, 0.1) is 0 Å². The number of aromatic nitrogens is 2. The van der Waals surface area contributed by atoms with E-state index in [9.17, 15) is 9.90 Å². The van der Waals surface area contributed by atoms with Gasteiger partial charge in [-0.05, 0) is 55.7 Å². The van der Waals surface area contributed by atoms with Gasteiger partial charge in [0.25, 0.3) is 0 Å². The fraction of sp³-hybridized carbons (Fsp3) is 0.333. The molecule has 0 radical (unpaired) electrons. The van der Waals surface area contributed by atoms with E-state index in [0.717, 1.165) is 22.0 Å². The van der Waals surface area contributed by atoms with E-state index in [1.165, 1.54) is 5.69 Å². The third kappa shape index (κ3) is 3.78. The van der Waals surface area contributed by atoms with Crippen LogP contribution < -0.4 is 4.74 Å². The summed E-state index contributed by atoms with van der Waals surface area (Å²) in [6.45, 7) is 7.44. The Kier molecular flexibility index (Phi) is 5.85. The van der Waals surface area contributed by atoms with Gasteiger partial charge in [-0.25, -0.2) is 4.79 Å². The second-order valence-corrected chi connectivity index (χ2v) is 7.31. The van der Waals surface area contributed by atoms with Gasteiger partial charge in [-0.1, -0.05) is 13.8 Å². The van der Waals surface area contributed by atoms with Gasteiger partial charge in [0.05, 0.1) is 0 Å². The molecule has 1 aromatic carbocycles. The van der Waals surface area contributed by atoms with Crippen molar-refractivity contribution in [2.75, 3.05) is 0 Å². The van der Waals surface area contributed by atoms with Crippen molar-refractivity contribution in [2.24, 2.45) is 7.05 Å². The monoisotopic (exact) mass is 388 g/mol. The summed E-state index contributed by atoms with van der Waals surface area (Å²) in [7, 11) is 2.06. The molecule has 0 atom stereocenters. The molecular weight excluding hydrogens is 364 g/mol. The highest BCUT2D eigenvalue weighted by molar-refractivity contribution is 5.99. The first kappa shape index (κ1) is 20.8. The van der Waals surface area contributed by atoms with E-state index in [1.54, 1.807) is 26.2 Å². The van der Waals surface area contributed by atoms with Gasteiger partial charge in [-0.2, -0.15) is 0 Å². The molecule has 0 amide bonds. The highest BCUT2D eigenvalue weighted by Crippen LogP contribution is 2.39. The summed E-state index contributed by atoms with van der Waals surface area (Å²) in [6.07, 6.45) is 3.57. The molecule has 0 unspecified atom stereocenters. The van der Waals surface area contributed by atoms with E-state index in [-0.39, 0.29) is 12.4 Å². The quantitative estimate of drug-likeness (QED) is 0.665. The van der Waals surface area contributed by atoms with Crippen molar-refractivity contribution in [3.05, 3.63) is 48.4 Å². The average molecular weight is 389 g/mol. The number of halogens is 1. The minimum absolute atomic E-state index is 0. The zero-order valence-electron chi connectivity index (χ0n) is 16.2. The third-order valence-corrected chi connectivity index (χ3v) is 4.62. The second-order valence-electron chi connectivity index (χ2n) is 7.31. The molecule has 0 aliphatic rings. The number of nitrogens with zero attached hydrogens (tertiary/aromatic N) is 2. The van der Waals surface area contributed by atoms with Crippen molar-refractivity contribution >= 4 is 29.3 Å². The summed E-state index contributed by atoms with van der Waals surface area (Å²) in [4.78, 5) is 15.5. The van der Waals surface area contributed by atoms with E-state index in [2.05, 4.69) is 30.4 Å². The first-order valence-corrected chi connectivity index (χ1v) is 8.67. The standard InChI is InChI=1S/C21H24N2O3.ClH/c1-13(2)19-18(14-8-10-22-11-9-14)16-12-15(6-7-17(16)23(19)5)26-21(3,4)20(24)25;/h6-13H,1-5H3,(H,24,25);1H. The van der Waals surface area contributed by atoms with Crippen molar-refractivity contribution in [1.29, 1.82) is 0 Å². The van der Waals surface area contributed by atoms with Crippen LogP contribution >= 0.6 is 12.4 Å². The maximum atomic E-state index is 11.4. The van der Waals surface area contributed by atoms with Crippen molar-refractivity contribution in [2.45, 2.75) is 39.2 Å². The largest absolute Gasteiger partial charge is 0.478 e. The van der Waals surface area contributed by atoms with Gasteiger partial charge in [0, 0.05) is 41.6 Å². The van der Waals surface area contributed by atoms with Gasteiger partial charge in [-0.15, -0.1) is 12.4 Å². The van der Waals surface area contributed by atoms with Crippen molar-refractivity contribution < 1.29 is 14.6 Å².